The average Bonchev–Trinajstić information content (AvgIpc) is 2.04. The van der Waals surface area contributed by atoms with Crippen LogP contribution >= 0.6 is 0 Å². The van der Waals surface area contributed by atoms with Crippen molar-refractivity contribution in [3.8, 4) is 0 Å². The fraction of sp³-hybridized carbons (Fsp3) is 0.833. The highest BCUT2D eigenvalue weighted by Crippen LogP contribution is 1.90. The Hall–Kier alpha value is -0.780. The largest absolute Gasteiger partial charge is 0.508 e. The van der Waals surface area contributed by atoms with E-state index in [0.29, 0.717) is 0 Å². The molecule has 0 N–H and O–H groups in total. The lowest BCUT2D eigenvalue weighted by Gasteiger charge is -2.02. The minimum Gasteiger partial charge on any atom is -0.438 e. The van der Waals surface area contributed by atoms with Gasteiger partial charge in [-0.05, 0) is 0 Å². The number of sulfone groups is 1. The molecule has 0 aliphatic carbocycles. The molecule has 0 spiro atoms. The summed E-state index contributed by atoms with van der Waals surface area (Å²) in [6.45, 7) is 1.39. The standard InChI is InChI=1S/C6H12O5S/c1-3-12(8,9)5-4-11-6(7)10-2/h3-5H2,1-2H3. The average molecular weight is 196 g/mol. The minimum atomic E-state index is -3.06. The second-order valence-corrected chi connectivity index (χ2v) is 4.51. The summed E-state index contributed by atoms with van der Waals surface area (Å²) < 4.78 is 30.2. The van der Waals surface area contributed by atoms with E-state index in [-0.39, 0.29) is 18.1 Å². The number of carbonyl (C=O) groups is 1. The summed E-state index contributed by atoms with van der Waals surface area (Å²) in [5, 5.41) is 0. The van der Waals surface area contributed by atoms with Crippen molar-refractivity contribution in [1.29, 1.82) is 0 Å². The van der Waals surface area contributed by atoms with Gasteiger partial charge in [0.2, 0.25) is 0 Å². The van der Waals surface area contributed by atoms with Crippen molar-refractivity contribution in [1.82, 2.24) is 0 Å². The van der Waals surface area contributed by atoms with Crippen LogP contribution in [0, 0.1) is 0 Å². The number of carbonyl (C=O) groups excluding carboxylic acids is 1. The van der Waals surface area contributed by atoms with Gasteiger partial charge < -0.3 is 9.47 Å². The third-order valence-corrected chi connectivity index (χ3v) is 2.89. The molecule has 0 amide bonds. The molecule has 0 fully saturated rings. The van der Waals surface area contributed by atoms with Gasteiger partial charge in [0.15, 0.2) is 9.84 Å². The van der Waals surface area contributed by atoms with Crippen molar-refractivity contribution >= 4 is 16.0 Å². The smallest absolute Gasteiger partial charge is 0.438 e. The van der Waals surface area contributed by atoms with Crippen LogP contribution in [0.1, 0.15) is 6.92 Å². The molecule has 0 atom stereocenters. The molecule has 6 heteroatoms. The van der Waals surface area contributed by atoms with E-state index in [1.165, 1.54) is 6.92 Å². The van der Waals surface area contributed by atoms with Gasteiger partial charge in [-0.25, -0.2) is 13.2 Å². The molecule has 0 heterocycles. The van der Waals surface area contributed by atoms with Crippen LogP contribution < -0.4 is 0 Å². The first-order chi connectivity index (χ1) is 5.52. The molecule has 0 aliphatic rings. The quantitative estimate of drug-likeness (QED) is 0.601. The highest BCUT2D eigenvalue weighted by molar-refractivity contribution is 7.91. The zero-order chi connectivity index (χ0) is 9.61. The molecule has 0 radical (unpaired) electrons. The Balaban J connectivity index is 3.64. The van der Waals surface area contributed by atoms with Crippen LogP contribution in [-0.4, -0.2) is 39.8 Å². The van der Waals surface area contributed by atoms with E-state index in [4.69, 9.17) is 0 Å². The minimum absolute atomic E-state index is 0.0531. The van der Waals surface area contributed by atoms with Crippen LogP contribution in [0.2, 0.25) is 0 Å². The Morgan fingerprint density at radius 2 is 2.00 bits per heavy atom. The SMILES string of the molecule is CCS(=O)(=O)CCOC(=O)OC. The van der Waals surface area contributed by atoms with Gasteiger partial charge in [-0.1, -0.05) is 6.92 Å². The third kappa shape index (κ3) is 4.95. The normalized spacial score (nSPS) is 10.8. The van der Waals surface area contributed by atoms with Gasteiger partial charge >= 0.3 is 6.16 Å². The lowest BCUT2D eigenvalue weighted by Crippen LogP contribution is -2.16. The highest BCUT2D eigenvalue weighted by Gasteiger charge is 2.08. The van der Waals surface area contributed by atoms with E-state index < -0.39 is 16.0 Å². The van der Waals surface area contributed by atoms with Crippen molar-refractivity contribution in [2.24, 2.45) is 0 Å². The lowest BCUT2D eigenvalue weighted by atomic mass is 10.9. The topological polar surface area (TPSA) is 69.7 Å². The summed E-state index contributed by atoms with van der Waals surface area (Å²) in [5.74, 6) is -0.101. The van der Waals surface area contributed by atoms with Gasteiger partial charge in [-0.2, -0.15) is 0 Å². The van der Waals surface area contributed by atoms with Crippen molar-refractivity contribution in [3.05, 3.63) is 0 Å². The molecule has 0 saturated heterocycles. The van der Waals surface area contributed by atoms with Crippen molar-refractivity contribution in [2.75, 3.05) is 25.2 Å². The molecule has 12 heavy (non-hydrogen) atoms. The van der Waals surface area contributed by atoms with E-state index in [1.54, 1.807) is 0 Å². The predicted molar refractivity (Wildman–Crippen MR) is 42.7 cm³/mol. The molecular weight excluding hydrogens is 184 g/mol. The molecule has 0 rings (SSSR count). The van der Waals surface area contributed by atoms with Crippen LogP contribution in [0.4, 0.5) is 4.79 Å². The number of hydrogen-bond donors (Lipinski definition) is 0. The number of methoxy groups -OCH3 is 1. The molecule has 0 unspecified atom stereocenters. The molecule has 0 aromatic heterocycles. The Bertz CT molecular complexity index is 230. The zero-order valence-corrected chi connectivity index (χ0v) is 7.89. The van der Waals surface area contributed by atoms with Gasteiger partial charge in [-0.15, -0.1) is 0 Å². The molecule has 0 saturated carbocycles. The highest BCUT2D eigenvalue weighted by atomic mass is 32.2. The van der Waals surface area contributed by atoms with Crippen LogP contribution in [0.3, 0.4) is 0 Å². The van der Waals surface area contributed by atoms with Crippen LogP contribution in [0.5, 0.6) is 0 Å². The van der Waals surface area contributed by atoms with Gasteiger partial charge in [0.05, 0.1) is 12.9 Å². The molecule has 5 nitrogen and oxygen atoms in total. The maximum Gasteiger partial charge on any atom is 0.508 e. The molecule has 0 bridgehead atoms. The van der Waals surface area contributed by atoms with Gasteiger partial charge in [0, 0.05) is 5.75 Å². The van der Waals surface area contributed by atoms with Gasteiger partial charge in [0.1, 0.15) is 6.61 Å². The first kappa shape index (κ1) is 11.2. The van der Waals surface area contributed by atoms with Crippen LogP contribution in [0.25, 0.3) is 0 Å². The first-order valence-corrected chi connectivity index (χ1v) is 5.25. The molecule has 0 aromatic rings. The summed E-state index contributed by atoms with van der Waals surface area (Å²) in [6.07, 6.45) is -0.860. The Labute approximate surface area is 71.6 Å². The van der Waals surface area contributed by atoms with E-state index in [0.717, 1.165) is 7.11 Å². The van der Waals surface area contributed by atoms with Crippen molar-refractivity contribution < 1.29 is 22.7 Å². The van der Waals surface area contributed by atoms with E-state index >= 15 is 0 Å². The van der Waals surface area contributed by atoms with Crippen LogP contribution in [0.15, 0.2) is 0 Å². The van der Waals surface area contributed by atoms with Crippen molar-refractivity contribution in [3.63, 3.8) is 0 Å². The van der Waals surface area contributed by atoms with E-state index in [1.807, 2.05) is 0 Å². The summed E-state index contributed by atoms with van der Waals surface area (Å²) in [6, 6.07) is 0. The summed E-state index contributed by atoms with van der Waals surface area (Å²) in [7, 11) is -1.89. The molecule has 0 aromatic carbocycles. The molecule has 0 aliphatic heterocycles. The molecule has 72 valence electrons. The van der Waals surface area contributed by atoms with E-state index in [9.17, 15) is 13.2 Å². The fourth-order valence-electron chi connectivity index (χ4n) is 0.455. The first-order valence-electron chi connectivity index (χ1n) is 3.43. The summed E-state index contributed by atoms with van der Waals surface area (Å²) in [5.41, 5.74) is 0. The van der Waals surface area contributed by atoms with Crippen molar-refractivity contribution in [2.45, 2.75) is 6.92 Å². The Kier molecular flexibility index (Phi) is 4.65. The number of hydrogen-bond acceptors (Lipinski definition) is 5. The summed E-state index contributed by atoms with van der Waals surface area (Å²) in [4.78, 5) is 10.3. The zero-order valence-electron chi connectivity index (χ0n) is 7.07. The molecular formula is C6H12O5S. The second kappa shape index (κ2) is 4.97. The van der Waals surface area contributed by atoms with Gasteiger partial charge in [-0.3, -0.25) is 0 Å². The Morgan fingerprint density at radius 1 is 1.42 bits per heavy atom. The lowest BCUT2D eigenvalue weighted by molar-refractivity contribution is 0.0776. The maximum absolute atomic E-state index is 10.8. The predicted octanol–water partition coefficient (Wildman–Crippen LogP) is 0.204. The second-order valence-electron chi connectivity index (χ2n) is 2.04. The van der Waals surface area contributed by atoms with Gasteiger partial charge in [0.25, 0.3) is 0 Å². The third-order valence-electron chi connectivity index (χ3n) is 1.22. The summed E-state index contributed by atoms with van der Waals surface area (Å²) >= 11 is 0. The fourth-order valence-corrected chi connectivity index (χ4v) is 1.08. The number of rotatable bonds is 4. The number of ether oxygens (including phenoxy) is 2. The van der Waals surface area contributed by atoms with Crippen LogP contribution in [-0.2, 0) is 19.3 Å². The monoisotopic (exact) mass is 196 g/mol. The Morgan fingerprint density at radius 3 is 2.42 bits per heavy atom. The van der Waals surface area contributed by atoms with E-state index in [2.05, 4.69) is 9.47 Å². The maximum atomic E-state index is 10.8.